The third kappa shape index (κ3) is 3.78. The predicted octanol–water partition coefficient (Wildman–Crippen LogP) is 5.53. The molecular weight excluding hydrogens is 242 g/mol. The summed E-state index contributed by atoms with van der Waals surface area (Å²) >= 11 is 0. The van der Waals surface area contributed by atoms with Gasteiger partial charge < -0.3 is 5.73 Å². The van der Waals surface area contributed by atoms with Crippen LogP contribution >= 0.6 is 0 Å². The molecule has 20 heavy (non-hydrogen) atoms. The second-order valence-corrected chi connectivity index (χ2v) is 8.86. The van der Waals surface area contributed by atoms with Gasteiger partial charge in [0.05, 0.1) is 0 Å². The van der Waals surface area contributed by atoms with Gasteiger partial charge in [-0.2, -0.15) is 0 Å². The average molecular weight is 280 g/mol. The van der Waals surface area contributed by atoms with Crippen molar-refractivity contribution < 1.29 is 0 Å². The van der Waals surface area contributed by atoms with Crippen LogP contribution in [0.1, 0.15) is 91.9 Å². The topological polar surface area (TPSA) is 26.0 Å². The van der Waals surface area contributed by atoms with Crippen molar-refractivity contribution in [1.82, 2.24) is 0 Å². The zero-order valence-electron chi connectivity index (χ0n) is 14.4. The van der Waals surface area contributed by atoms with E-state index in [1.807, 2.05) is 0 Å². The first-order valence-corrected chi connectivity index (χ1v) is 9.14. The summed E-state index contributed by atoms with van der Waals surface area (Å²) < 4.78 is 0. The van der Waals surface area contributed by atoms with E-state index in [0.717, 1.165) is 17.8 Å². The number of hydrogen-bond donors (Lipinski definition) is 1. The van der Waals surface area contributed by atoms with Crippen LogP contribution in [0.25, 0.3) is 0 Å². The Bertz CT molecular complexity index is 303. The van der Waals surface area contributed by atoms with E-state index in [1.165, 1.54) is 64.2 Å². The number of hydrogen-bond acceptors (Lipinski definition) is 1. The lowest BCUT2D eigenvalue weighted by Gasteiger charge is -2.42. The summed E-state index contributed by atoms with van der Waals surface area (Å²) in [7, 11) is 0. The molecule has 2 aliphatic carbocycles. The maximum Gasteiger partial charge on any atom is 0.0183 e. The predicted molar refractivity (Wildman–Crippen MR) is 88.7 cm³/mol. The monoisotopic (exact) mass is 279 g/mol. The first kappa shape index (κ1) is 16.3. The van der Waals surface area contributed by atoms with Crippen molar-refractivity contribution in [3.8, 4) is 0 Å². The Kier molecular flexibility index (Phi) is 5.21. The second kappa shape index (κ2) is 6.38. The summed E-state index contributed by atoms with van der Waals surface area (Å²) in [5.41, 5.74) is 7.58. The van der Waals surface area contributed by atoms with Gasteiger partial charge in [0.2, 0.25) is 0 Å². The molecule has 2 aliphatic rings. The van der Waals surface area contributed by atoms with Crippen LogP contribution in [0.2, 0.25) is 0 Å². The molecule has 0 aliphatic heterocycles. The van der Waals surface area contributed by atoms with E-state index in [-0.39, 0.29) is 5.54 Å². The second-order valence-electron chi connectivity index (χ2n) is 8.86. The van der Waals surface area contributed by atoms with E-state index in [4.69, 9.17) is 5.73 Å². The molecule has 0 saturated heterocycles. The molecular formula is C19H37N. The van der Waals surface area contributed by atoms with Crippen molar-refractivity contribution >= 4 is 0 Å². The Morgan fingerprint density at radius 3 is 2.40 bits per heavy atom. The van der Waals surface area contributed by atoms with Gasteiger partial charge in [0.25, 0.3) is 0 Å². The molecule has 0 radical (unpaired) electrons. The zero-order valence-corrected chi connectivity index (χ0v) is 14.4. The van der Waals surface area contributed by atoms with Crippen LogP contribution in [-0.2, 0) is 0 Å². The highest BCUT2D eigenvalue weighted by molar-refractivity contribution is 4.97. The van der Waals surface area contributed by atoms with Gasteiger partial charge in [0.1, 0.15) is 0 Å². The molecule has 0 bridgehead atoms. The van der Waals surface area contributed by atoms with Crippen molar-refractivity contribution in [2.45, 2.75) is 97.4 Å². The molecule has 1 nitrogen and oxygen atoms in total. The van der Waals surface area contributed by atoms with Crippen LogP contribution in [0.3, 0.4) is 0 Å². The molecule has 4 atom stereocenters. The molecule has 0 aromatic heterocycles. The minimum Gasteiger partial charge on any atom is -0.325 e. The molecule has 4 unspecified atom stereocenters. The Balaban J connectivity index is 2.00. The van der Waals surface area contributed by atoms with E-state index in [1.54, 1.807) is 0 Å². The van der Waals surface area contributed by atoms with Gasteiger partial charge in [-0.3, -0.25) is 0 Å². The quantitative estimate of drug-likeness (QED) is 0.661. The minimum absolute atomic E-state index is 0.161. The maximum atomic E-state index is 6.96. The van der Waals surface area contributed by atoms with Crippen LogP contribution in [0.15, 0.2) is 0 Å². The third-order valence-corrected chi connectivity index (χ3v) is 6.55. The van der Waals surface area contributed by atoms with Gasteiger partial charge in [-0.25, -0.2) is 0 Å². The molecule has 0 heterocycles. The van der Waals surface area contributed by atoms with E-state index in [9.17, 15) is 0 Å². The standard InChI is InChI=1S/C19H37N/c1-5-15-8-6-9-17(14-15)19(20)12-7-10-16(11-13-19)18(2,3)4/h15-17H,5-14,20H2,1-4H3. The fourth-order valence-corrected chi connectivity index (χ4v) is 4.85. The summed E-state index contributed by atoms with van der Waals surface area (Å²) in [4.78, 5) is 0. The molecule has 2 N–H and O–H groups in total. The maximum absolute atomic E-state index is 6.96. The molecule has 2 fully saturated rings. The zero-order chi connectivity index (χ0) is 14.8. The summed E-state index contributed by atoms with van der Waals surface area (Å²) in [6, 6.07) is 0. The normalized spacial score (nSPS) is 40.4. The lowest BCUT2D eigenvalue weighted by molar-refractivity contribution is 0.140. The fourth-order valence-electron chi connectivity index (χ4n) is 4.85. The highest BCUT2D eigenvalue weighted by Gasteiger charge is 2.40. The SMILES string of the molecule is CCC1CCCC(C2(N)CCCC(C(C)(C)C)CC2)C1. The number of rotatable bonds is 2. The first-order chi connectivity index (χ1) is 9.35. The molecule has 0 spiro atoms. The van der Waals surface area contributed by atoms with Crippen molar-refractivity contribution in [2.75, 3.05) is 0 Å². The van der Waals surface area contributed by atoms with Crippen LogP contribution in [0, 0.1) is 23.2 Å². The Morgan fingerprint density at radius 1 is 1.00 bits per heavy atom. The smallest absolute Gasteiger partial charge is 0.0183 e. The molecule has 1 heteroatoms. The van der Waals surface area contributed by atoms with Crippen molar-refractivity contribution in [2.24, 2.45) is 28.9 Å². The molecule has 0 aromatic rings. The summed E-state index contributed by atoms with van der Waals surface area (Å²) in [5.74, 6) is 2.63. The van der Waals surface area contributed by atoms with Crippen LogP contribution < -0.4 is 5.73 Å². The Hall–Kier alpha value is -0.0400. The average Bonchev–Trinajstić information content (AvgIpc) is 2.61. The van der Waals surface area contributed by atoms with Crippen LogP contribution in [0.5, 0.6) is 0 Å². The van der Waals surface area contributed by atoms with Crippen LogP contribution in [0.4, 0.5) is 0 Å². The number of nitrogens with two attached hydrogens (primary N) is 1. The van der Waals surface area contributed by atoms with Gasteiger partial charge in [0.15, 0.2) is 0 Å². The molecule has 2 rings (SSSR count). The summed E-state index contributed by atoms with van der Waals surface area (Å²) in [6.45, 7) is 9.59. The largest absolute Gasteiger partial charge is 0.325 e. The van der Waals surface area contributed by atoms with Crippen molar-refractivity contribution in [3.05, 3.63) is 0 Å². The highest BCUT2D eigenvalue weighted by Crippen LogP contribution is 2.45. The van der Waals surface area contributed by atoms with Gasteiger partial charge in [0, 0.05) is 5.54 Å². The molecule has 118 valence electrons. The van der Waals surface area contributed by atoms with Crippen molar-refractivity contribution in [3.63, 3.8) is 0 Å². The minimum atomic E-state index is 0.161. The van der Waals surface area contributed by atoms with E-state index in [0.29, 0.717) is 5.41 Å². The van der Waals surface area contributed by atoms with Crippen LogP contribution in [-0.4, -0.2) is 5.54 Å². The highest BCUT2D eigenvalue weighted by atomic mass is 14.8. The van der Waals surface area contributed by atoms with E-state index in [2.05, 4.69) is 27.7 Å². The Morgan fingerprint density at radius 2 is 1.75 bits per heavy atom. The third-order valence-electron chi connectivity index (χ3n) is 6.55. The van der Waals surface area contributed by atoms with E-state index >= 15 is 0 Å². The van der Waals surface area contributed by atoms with Crippen molar-refractivity contribution in [1.29, 1.82) is 0 Å². The molecule has 0 aromatic carbocycles. The van der Waals surface area contributed by atoms with Gasteiger partial charge in [-0.15, -0.1) is 0 Å². The van der Waals surface area contributed by atoms with Gasteiger partial charge in [-0.05, 0) is 61.7 Å². The lowest BCUT2D eigenvalue weighted by atomic mass is 9.67. The molecule has 2 saturated carbocycles. The molecule has 0 amide bonds. The summed E-state index contributed by atoms with van der Waals surface area (Å²) in [5, 5.41) is 0. The fraction of sp³-hybridized carbons (Fsp3) is 1.00. The van der Waals surface area contributed by atoms with E-state index < -0.39 is 0 Å². The van der Waals surface area contributed by atoms with Gasteiger partial charge in [-0.1, -0.05) is 53.4 Å². The Labute approximate surface area is 127 Å². The van der Waals surface area contributed by atoms with Gasteiger partial charge >= 0.3 is 0 Å². The summed E-state index contributed by atoms with van der Waals surface area (Å²) in [6.07, 6.45) is 13.7. The first-order valence-electron chi connectivity index (χ1n) is 9.14. The lowest BCUT2D eigenvalue weighted by Crippen LogP contribution is -2.48.